The van der Waals surface area contributed by atoms with E-state index in [1.165, 1.54) is 19.8 Å². The zero-order valence-corrected chi connectivity index (χ0v) is 11.8. The van der Waals surface area contributed by atoms with E-state index in [-0.39, 0.29) is 12.7 Å². The highest BCUT2D eigenvalue weighted by Gasteiger charge is 2.15. The maximum atomic E-state index is 10.1. The number of ether oxygens (including phenoxy) is 1. The Bertz CT molecular complexity index is 585. The molecule has 112 valence electrons. The molecular formula is C9H16N5O5P. The van der Waals surface area contributed by atoms with Crippen LogP contribution in [0.25, 0.3) is 11.2 Å². The van der Waals surface area contributed by atoms with Crippen LogP contribution in [0.4, 0.5) is 5.82 Å². The van der Waals surface area contributed by atoms with Crippen molar-refractivity contribution < 1.29 is 23.6 Å². The summed E-state index contributed by atoms with van der Waals surface area (Å²) >= 11 is 0. The molecule has 0 saturated carbocycles. The lowest BCUT2D eigenvalue weighted by Gasteiger charge is -2.09. The molecule has 0 aromatic carbocycles. The third-order valence-corrected chi connectivity index (χ3v) is 2.62. The van der Waals surface area contributed by atoms with Crippen molar-refractivity contribution >= 4 is 24.8 Å². The first-order valence-corrected chi connectivity index (χ1v) is 6.99. The number of fused-ring (bicyclic) bond motifs is 1. The van der Waals surface area contributed by atoms with E-state index >= 15 is 0 Å². The maximum Gasteiger partial charge on any atom is 0.469 e. The van der Waals surface area contributed by atoms with Crippen molar-refractivity contribution in [3.63, 3.8) is 0 Å². The Balaban J connectivity index is 0.000000200. The van der Waals surface area contributed by atoms with Gasteiger partial charge in [0, 0.05) is 7.11 Å². The molecule has 0 unspecified atom stereocenters. The largest absolute Gasteiger partial charge is 0.469 e. The van der Waals surface area contributed by atoms with Gasteiger partial charge in [-0.3, -0.25) is 4.52 Å². The highest BCUT2D eigenvalue weighted by Crippen LogP contribution is 2.35. The molecule has 1 atom stereocenters. The second-order valence-electron chi connectivity index (χ2n) is 3.69. The summed E-state index contributed by atoms with van der Waals surface area (Å²) in [5.41, 5.74) is 6.78. The Morgan fingerprint density at radius 1 is 1.45 bits per heavy atom. The van der Waals surface area contributed by atoms with E-state index in [1.54, 1.807) is 6.92 Å². The number of aromatic nitrogens is 4. The van der Waals surface area contributed by atoms with Crippen LogP contribution < -0.4 is 5.73 Å². The van der Waals surface area contributed by atoms with Gasteiger partial charge in [-0.2, -0.15) is 0 Å². The standard InChI is InChI=1S/C5H5N5.C4H11O5P/c6-4-3-5(9-1-7-3)10-2-8-4;1-4(8-2)3-9-10(5,6)7/h1-2H,(H3,6,7,8,9,10);4H,3H2,1-2H3,(H2,5,6,7)/t;4-/m.1/s1. The van der Waals surface area contributed by atoms with E-state index < -0.39 is 7.82 Å². The molecule has 0 aliphatic rings. The van der Waals surface area contributed by atoms with Gasteiger partial charge in [0.25, 0.3) is 0 Å². The van der Waals surface area contributed by atoms with Crippen molar-refractivity contribution in [2.24, 2.45) is 0 Å². The summed E-state index contributed by atoms with van der Waals surface area (Å²) in [6, 6.07) is 0. The second-order valence-corrected chi connectivity index (χ2v) is 4.93. The molecule has 5 N–H and O–H groups in total. The van der Waals surface area contributed by atoms with Crippen LogP contribution in [0.5, 0.6) is 0 Å². The van der Waals surface area contributed by atoms with Gasteiger partial charge < -0.3 is 25.2 Å². The number of H-pyrrole nitrogens is 1. The van der Waals surface area contributed by atoms with Crippen LogP contribution in [-0.2, 0) is 13.8 Å². The predicted octanol–water partition coefficient (Wildman–Crippen LogP) is 0.0657. The highest BCUT2D eigenvalue weighted by atomic mass is 31.2. The molecule has 2 aromatic rings. The average Bonchev–Trinajstić information content (AvgIpc) is 2.85. The van der Waals surface area contributed by atoms with Crippen molar-refractivity contribution in [2.45, 2.75) is 13.0 Å². The quantitative estimate of drug-likeness (QED) is 0.573. The van der Waals surface area contributed by atoms with Crippen molar-refractivity contribution in [3.05, 3.63) is 12.7 Å². The van der Waals surface area contributed by atoms with Crippen molar-refractivity contribution in [1.29, 1.82) is 0 Å². The third-order valence-electron chi connectivity index (χ3n) is 2.13. The first-order chi connectivity index (χ1) is 9.33. The zero-order valence-electron chi connectivity index (χ0n) is 10.9. The highest BCUT2D eigenvalue weighted by molar-refractivity contribution is 7.46. The van der Waals surface area contributed by atoms with E-state index in [0.29, 0.717) is 17.0 Å². The van der Waals surface area contributed by atoms with E-state index in [4.69, 9.17) is 15.5 Å². The van der Waals surface area contributed by atoms with Crippen LogP contribution in [0.3, 0.4) is 0 Å². The number of methoxy groups -OCH3 is 1. The molecule has 0 fully saturated rings. The minimum Gasteiger partial charge on any atom is -0.382 e. The number of hydrogen-bond donors (Lipinski definition) is 4. The maximum absolute atomic E-state index is 10.1. The number of rotatable bonds is 4. The number of phosphoric ester groups is 1. The summed E-state index contributed by atoms with van der Waals surface area (Å²) < 4.78 is 18.9. The van der Waals surface area contributed by atoms with Crippen molar-refractivity contribution in [3.8, 4) is 0 Å². The lowest BCUT2D eigenvalue weighted by atomic mass is 10.4. The number of phosphoric acid groups is 1. The van der Waals surface area contributed by atoms with Crippen LogP contribution >= 0.6 is 7.82 Å². The number of nitrogens with zero attached hydrogens (tertiary/aromatic N) is 3. The van der Waals surface area contributed by atoms with E-state index in [9.17, 15) is 4.57 Å². The van der Waals surface area contributed by atoms with Crippen LogP contribution in [-0.4, -0.2) is 49.5 Å². The van der Waals surface area contributed by atoms with Crippen molar-refractivity contribution in [1.82, 2.24) is 19.9 Å². The Morgan fingerprint density at radius 3 is 2.70 bits per heavy atom. The predicted molar refractivity (Wildman–Crippen MR) is 70.6 cm³/mol. The molecular weight excluding hydrogens is 289 g/mol. The van der Waals surface area contributed by atoms with Crippen LogP contribution in [0.1, 0.15) is 6.92 Å². The number of hydrogen-bond acceptors (Lipinski definition) is 7. The summed E-state index contributed by atoms with van der Waals surface area (Å²) in [7, 11) is -2.87. The van der Waals surface area contributed by atoms with E-state index in [1.807, 2.05) is 0 Å². The van der Waals surface area contributed by atoms with Crippen LogP contribution in [0.2, 0.25) is 0 Å². The fraction of sp³-hybridized carbons (Fsp3) is 0.444. The van der Waals surface area contributed by atoms with Gasteiger partial charge in [0.05, 0.1) is 19.0 Å². The van der Waals surface area contributed by atoms with Gasteiger partial charge in [0.15, 0.2) is 11.5 Å². The second kappa shape index (κ2) is 7.27. The average molecular weight is 305 g/mol. The number of nitrogen functional groups attached to an aromatic ring is 1. The Labute approximate surface area is 114 Å². The monoisotopic (exact) mass is 305 g/mol. The first kappa shape index (κ1) is 16.5. The molecule has 0 spiro atoms. The first-order valence-electron chi connectivity index (χ1n) is 5.46. The number of aromatic amines is 1. The van der Waals surface area contributed by atoms with Crippen LogP contribution in [0, 0.1) is 0 Å². The summed E-state index contributed by atoms with van der Waals surface area (Å²) in [6.07, 6.45) is 2.63. The number of anilines is 1. The lowest BCUT2D eigenvalue weighted by Crippen LogP contribution is -2.12. The molecule has 0 amide bonds. The number of nitrogens with two attached hydrogens (primary N) is 1. The van der Waals surface area contributed by atoms with Gasteiger partial charge >= 0.3 is 7.82 Å². The molecule has 0 saturated heterocycles. The summed E-state index contributed by atoms with van der Waals surface area (Å²) in [4.78, 5) is 30.8. The molecule has 2 heterocycles. The van der Waals surface area contributed by atoms with E-state index in [0.717, 1.165) is 0 Å². The number of nitrogens with one attached hydrogen (secondary N) is 1. The summed E-state index contributed by atoms with van der Waals surface area (Å²) in [5.74, 6) is 0.433. The SMILES string of the molecule is CO[C@H](C)COP(=O)(O)O.Nc1ncnc2nc[nH]c12. The molecule has 10 nitrogen and oxygen atoms in total. The lowest BCUT2D eigenvalue weighted by molar-refractivity contribution is 0.0575. The van der Waals surface area contributed by atoms with Gasteiger partial charge in [-0.1, -0.05) is 0 Å². The van der Waals surface area contributed by atoms with Gasteiger partial charge in [0.1, 0.15) is 11.8 Å². The van der Waals surface area contributed by atoms with Gasteiger partial charge in [-0.05, 0) is 6.92 Å². The Kier molecular flexibility index (Phi) is 5.99. The molecule has 11 heteroatoms. The molecule has 20 heavy (non-hydrogen) atoms. The molecule has 0 bridgehead atoms. The van der Waals surface area contributed by atoms with Gasteiger partial charge in [-0.25, -0.2) is 19.5 Å². The third kappa shape index (κ3) is 5.59. The smallest absolute Gasteiger partial charge is 0.382 e. The normalized spacial score (nSPS) is 12.8. The molecule has 0 aliphatic heterocycles. The van der Waals surface area contributed by atoms with Crippen molar-refractivity contribution in [2.75, 3.05) is 19.5 Å². The minimum absolute atomic E-state index is 0.0965. The zero-order chi connectivity index (χ0) is 15.2. The Hall–Kier alpha value is -1.58. The molecule has 2 aromatic heterocycles. The van der Waals surface area contributed by atoms with Crippen LogP contribution in [0.15, 0.2) is 12.7 Å². The van der Waals surface area contributed by atoms with Gasteiger partial charge in [0.2, 0.25) is 0 Å². The fourth-order valence-electron chi connectivity index (χ4n) is 1.05. The topological polar surface area (TPSA) is 156 Å². The summed E-state index contributed by atoms with van der Waals surface area (Å²) in [6.45, 7) is 1.55. The molecule has 2 rings (SSSR count). The van der Waals surface area contributed by atoms with Gasteiger partial charge in [-0.15, -0.1) is 0 Å². The number of imidazole rings is 1. The van der Waals surface area contributed by atoms with E-state index in [2.05, 4.69) is 29.2 Å². The summed E-state index contributed by atoms with van der Waals surface area (Å²) in [5, 5.41) is 0. The molecule has 0 aliphatic carbocycles. The molecule has 0 radical (unpaired) electrons. The Morgan fingerprint density at radius 2 is 2.15 bits per heavy atom. The fourth-order valence-corrected chi connectivity index (χ4v) is 1.46. The minimum atomic E-state index is -4.31.